The minimum Gasteiger partial charge on any atom is -0.350 e. The van der Waals surface area contributed by atoms with Crippen molar-refractivity contribution >= 4 is 23.2 Å². The fourth-order valence-electron chi connectivity index (χ4n) is 3.42. The Hall–Kier alpha value is -2.04. The molecule has 174 valence electrons. The van der Waals surface area contributed by atoms with Gasteiger partial charge in [0.1, 0.15) is 0 Å². The molecule has 1 aliphatic rings. The number of anilines is 1. The van der Waals surface area contributed by atoms with Gasteiger partial charge in [-0.2, -0.15) is 0 Å². The molecule has 1 saturated carbocycles. The molecule has 0 aromatic heterocycles. The monoisotopic (exact) mass is 452 g/mol. The Bertz CT molecular complexity index is 818. The molecule has 4 heteroatoms. The van der Waals surface area contributed by atoms with E-state index in [4.69, 9.17) is 0 Å². The molecule has 1 fully saturated rings. The molecule has 0 bridgehead atoms. The number of allylic oxidation sites excluding steroid dienone is 3. The number of rotatable bonds is 16. The molecule has 1 N–H and O–H groups in total. The van der Waals surface area contributed by atoms with E-state index in [-0.39, 0.29) is 5.78 Å². The summed E-state index contributed by atoms with van der Waals surface area (Å²) in [5.74, 6) is 0.995. The van der Waals surface area contributed by atoms with Crippen molar-refractivity contribution in [3.05, 3.63) is 76.7 Å². The number of benzene rings is 1. The van der Waals surface area contributed by atoms with E-state index in [2.05, 4.69) is 54.6 Å². The van der Waals surface area contributed by atoms with Crippen LogP contribution < -0.4 is 10.2 Å². The van der Waals surface area contributed by atoms with Crippen LogP contribution in [0.4, 0.5) is 5.69 Å². The second kappa shape index (κ2) is 14.2. The van der Waals surface area contributed by atoms with E-state index < -0.39 is 0 Å². The van der Waals surface area contributed by atoms with Crippen LogP contribution in [0.3, 0.4) is 0 Å². The lowest BCUT2D eigenvalue weighted by molar-refractivity contribution is -0.115. The van der Waals surface area contributed by atoms with Crippen LogP contribution in [-0.2, 0) is 4.79 Å². The predicted molar refractivity (Wildman–Crippen MR) is 142 cm³/mol. The van der Waals surface area contributed by atoms with Gasteiger partial charge in [0.2, 0.25) is 0 Å². The minimum absolute atomic E-state index is 0.226. The number of hydrogen-bond acceptors (Lipinski definition) is 4. The molecule has 1 aromatic rings. The molecule has 0 radical (unpaired) electrons. The first kappa shape index (κ1) is 26.2. The number of Topliss-reactive ketones (excluding diaryl/α,β-unsaturated/α-hetero) is 1. The fraction of sp³-hybridized carbons (Fsp3) is 0.464. The van der Waals surface area contributed by atoms with Gasteiger partial charge in [0.15, 0.2) is 5.78 Å². The molecule has 32 heavy (non-hydrogen) atoms. The van der Waals surface area contributed by atoms with E-state index >= 15 is 0 Å². The van der Waals surface area contributed by atoms with Gasteiger partial charge in [-0.15, -0.1) is 0 Å². The first-order valence-electron chi connectivity index (χ1n) is 11.9. The summed E-state index contributed by atoms with van der Waals surface area (Å²) in [5, 5.41) is 5.33. The Morgan fingerprint density at radius 3 is 2.53 bits per heavy atom. The van der Waals surface area contributed by atoms with Gasteiger partial charge in [0, 0.05) is 35.8 Å². The third-order valence-corrected chi connectivity index (χ3v) is 6.72. The number of carbonyl (C=O) groups excluding carboxylic acids is 1. The van der Waals surface area contributed by atoms with E-state index in [1.165, 1.54) is 30.2 Å². The number of nitrogens with zero attached hydrogens (tertiary/aromatic N) is 1. The van der Waals surface area contributed by atoms with Crippen LogP contribution in [0.25, 0.3) is 0 Å². The van der Waals surface area contributed by atoms with E-state index in [0.29, 0.717) is 6.42 Å². The van der Waals surface area contributed by atoms with Gasteiger partial charge in [-0.1, -0.05) is 56.5 Å². The quantitative estimate of drug-likeness (QED) is 0.161. The van der Waals surface area contributed by atoms with E-state index in [1.807, 2.05) is 31.7 Å². The first-order chi connectivity index (χ1) is 15.5. The molecular formula is C28H40N2OS. The van der Waals surface area contributed by atoms with Crippen molar-refractivity contribution in [2.24, 2.45) is 0 Å². The van der Waals surface area contributed by atoms with Gasteiger partial charge in [0.25, 0.3) is 0 Å². The van der Waals surface area contributed by atoms with Crippen LogP contribution in [0.1, 0.15) is 70.3 Å². The fourth-order valence-corrected chi connectivity index (χ4v) is 4.15. The lowest BCUT2D eigenvalue weighted by Crippen LogP contribution is -2.15. The zero-order chi connectivity index (χ0) is 23.3. The van der Waals surface area contributed by atoms with Gasteiger partial charge in [0.05, 0.1) is 0 Å². The summed E-state index contributed by atoms with van der Waals surface area (Å²) < 4.78 is 0. The molecule has 0 saturated heterocycles. The minimum atomic E-state index is 0.226. The molecular weight excluding hydrogens is 412 g/mol. The van der Waals surface area contributed by atoms with E-state index in [9.17, 15) is 4.79 Å². The number of hydrogen-bond donors (Lipinski definition) is 1. The van der Waals surface area contributed by atoms with Crippen LogP contribution in [-0.4, -0.2) is 25.9 Å². The summed E-state index contributed by atoms with van der Waals surface area (Å²) in [6.45, 7) is 14.3. The Kier molecular flexibility index (Phi) is 11.6. The van der Waals surface area contributed by atoms with E-state index in [1.54, 1.807) is 0 Å². The summed E-state index contributed by atoms with van der Waals surface area (Å²) >= 11 is 1.50. The lowest BCUT2D eigenvalue weighted by Gasteiger charge is -2.17. The summed E-state index contributed by atoms with van der Waals surface area (Å²) in [6, 6.07) is 8.80. The molecule has 0 atom stereocenters. The van der Waals surface area contributed by atoms with Crippen molar-refractivity contribution in [1.82, 2.24) is 5.32 Å². The van der Waals surface area contributed by atoms with Crippen molar-refractivity contribution in [3.63, 3.8) is 0 Å². The van der Waals surface area contributed by atoms with Crippen molar-refractivity contribution in [2.75, 3.05) is 25.0 Å². The molecule has 3 nitrogen and oxygen atoms in total. The molecule has 1 aliphatic carbocycles. The summed E-state index contributed by atoms with van der Waals surface area (Å²) in [6.07, 6.45) is 11.5. The Morgan fingerprint density at radius 2 is 1.91 bits per heavy atom. The zero-order valence-electron chi connectivity index (χ0n) is 20.2. The first-order valence-corrected chi connectivity index (χ1v) is 12.8. The highest BCUT2D eigenvalue weighted by molar-refractivity contribution is 8.06. The summed E-state index contributed by atoms with van der Waals surface area (Å²) in [4.78, 5) is 15.4. The van der Waals surface area contributed by atoms with Crippen molar-refractivity contribution in [2.45, 2.75) is 64.7 Å². The van der Waals surface area contributed by atoms with Crippen molar-refractivity contribution < 1.29 is 4.79 Å². The lowest BCUT2D eigenvalue weighted by atomic mass is 10.1. The van der Waals surface area contributed by atoms with Crippen LogP contribution >= 0.6 is 11.8 Å². The van der Waals surface area contributed by atoms with Crippen molar-refractivity contribution in [1.29, 1.82) is 0 Å². The molecule has 0 unspecified atom stereocenters. The topological polar surface area (TPSA) is 32.3 Å². The van der Waals surface area contributed by atoms with Gasteiger partial charge in [-0.05, 0) is 86.7 Å². The van der Waals surface area contributed by atoms with Crippen LogP contribution in [0.5, 0.6) is 0 Å². The van der Waals surface area contributed by atoms with Gasteiger partial charge >= 0.3 is 0 Å². The number of thioether (sulfide) groups is 1. The maximum absolute atomic E-state index is 12.4. The third-order valence-electron chi connectivity index (χ3n) is 5.73. The number of ketones is 1. The number of nitrogens with one attached hydrogen (secondary N) is 1. The highest BCUT2D eigenvalue weighted by Crippen LogP contribution is 2.40. The van der Waals surface area contributed by atoms with Crippen LogP contribution in [0.2, 0.25) is 0 Å². The predicted octanol–water partition coefficient (Wildman–Crippen LogP) is 7.35. The Balaban J connectivity index is 1.80. The molecule has 2 rings (SSSR count). The number of unbranched alkanes of at least 4 members (excludes halogenated alkanes) is 2. The standard InChI is InChI=1S/C28H40N2OS/c1-6-18-29-19-10-8-9-11-28(31)22(3)21-32-23(4)24(7-2)20-30(5)27-16-14-26(15-17-27)25-12-13-25/h7,14-17,20-21,25,29H,2,4,6,8-13,18-19H2,1,3,5H3/b22-21+,24-20+. The van der Waals surface area contributed by atoms with Gasteiger partial charge < -0.3 is 10.2 Å². The van der Waals surface area contributed by atoms with Crippen LogP contribution in [0, 0.1) is 0 Å². The Labute approximate surface area is 199 Å². The Morgan fingerprint density at radius 1 is 1.19 bits per heavy atom. The highest BCUT2D eigenvalue weighted by Gasteiger charge is 2.23. The van der Waals surface area contributed by atoms with Crippen molar-refractivity contribution in [3.8, 4) is 0 Å². The third kappa shape index (κ3) is 9.22. The maximum atomic E-state index is 12.4. The summed E-state index contributed by atoms with van der Waals surface area (Å²) in [5.41, 5.74) is 4.33. The largest absolute Gasteiger partial charge is 0.350 e. The molecule has 0 heterocycles. The second-order valence-corrected chi connectivity index (χ2v) is 9.56. The summed E-state index contributed by atoms with van der Waals surface area (Å²) in [7, 11) is 2.04. The SMILES string of the molecule is C=C/C(=C\N(C)c1ccc(C2CC2)cc1)C(=C)S/C=C(\C)C(=O)CCCCCNCCC. The van der Waals surface area contributed by atoms with Gasteiger partial charge in [-0.25, -0.2) is 0 Å². The average molecular weight is 453 g/mol. The zero-order valence-corrected chi connectivity index (χ0v) is 21.0. The molecule has 0 amide bonds. The highest BCUT2D eigenvalue weighted by atomic mass is 32.2. The molecule has 1 aromatic carbocycles. The van der Waals surface area contributed by atoms with Crippen LogP contribution in [0.15, 0.2) is 71.2 Å². The normalized spacial score (nSPS) is 14.3. The second-order valence-electron chi connectivity index (χ2n) is 8.59. The molecule has 0 spiro atoms. The molecule has 0 aliphatic heterocycles. The maximum Gasteiger partial charge on any atom is 0.159 e. The smallest absolute Gasteiger partial charge is 0.159 e. The van der Waals surface area contributed by atoms with Gasteiger partial charge in [-0.3, -0.25) is 4.79 Å². The number of carbonyl (C=O) groups is 1. The van der Waals surface area contributed by atoms with E-state index in [0.717, 1.165) is 66.4 Å². The average Bonchev–Trinajstić information content (AvgIpc) is 3.65.